The lowest BCUT2D eigenvalue weighted by Crippen LogP contribution is -2.34. The zero-order valence-electron chi connectivity index (χ0n) is 13.4. The maximum Gasteiger partial charge on any atom is 0.307 e. The van der Waals surface area contributed by atoms with Crippen molar-refractivity contribution >= 4 is 22.9 Å². The Kier molecular flexibility index (Phi) is 4.44. The Bertz CT molecular complexity index is 736. The van der Waals surface area contributed by atoms with Crippen LogP contribution in [0.3, 0.4) is 0 Å². The summed E-state index contributed by atoms with van der Waals surface area (Å²) >= 11 is 0. The van der Waals surface area contributed by atoms with Crippen LogP contribution in [0.5, 0.6) is 0 Å². The van der Waals surface area contributed by atoms with Crippen molar-refractivity contribution in [3.05, 3.63) is 23.0 Å². The Morgan fingerprint density at radius 3 is 2.73 bits per heavy atom. The molecule has 0 spiro atoms. The Morgan fingerprint density at radius 1 is 1.41 bits per heavy atom. The number of methoxy groups -OCH3 is 1. The van der Waals surface area contributed by atoms with Gasteiger partial charge in [-0.1, -0.05) is 0 Å². The summed E-state index contributed by atoms with van der Waals surface area (Å²) in [4.78, 5) is 28.2. The number of nitrogens with zero attached hydrogens (tertiary/aromatic N) is 3. The third kappa shape index (κ3) is 3.08. The molecule has 0 saturated heterocycles. The molecule has 1 N–H and O–H groups in total. The molecule has 1 amide bonds. The van der Waals surface area contributed by atoms with Crippen LogP contribution < -0.4 is 5.32 Å². The molecule has 1 unspecified atom stereocenters. The molecular weight excluding hydrogens is 284 g/mol. The number of aromatic nitrogens is 3. The number of fused-ring (bicyclic) bond motifs is 1. The molecule has 118 valence electrons. The summed E-state index contributed by atoms with van der Waals surface area (Å²) in [7, 11) is 3.12. The van der Waals surface area contributed by atoms with Crippen molar-refractivity contribution in [3.63, 3.8) is 0 Å². The summed E-state index contributed by atoms with van der Waals surface area (Å²) in [5.41, 5.74) is 2.67. The van der Waals surface area contributed by atoms with Gasteiger partial charge in [-0.3, -0.25) is 14.3 Å². The number of rotatable bonds is 4. The van der Waals surface area contributed by atoms with E-state index in [9.17, 15) is 9.59 Å². The molecule has 1 atom stereocenters. The highest BCUT2D eigenvalue weighted by molar-refractivity contribution is 6.06. The number of hydrogen-bond donors (Lipinski definition) is 1. The van der Waals surface area contributed by atoms with E-state index in [0.29, 0.717) is 11.2 Å². The van der Waals surface area contributed by atoms with Crippen molar-refractivity contribution in [1.29, 1.82) is 0 Å². The average Bonchev–Trinajstić information content (AvgIpc) is 2.72. The van der Waals surface area contributed by atoms with E-state index in [1.807, 2.05) is 13.8 Å². The number of amides is 1. The fraction of sp³-hybridized carbons (Fsp3) is 0.467. The van der Waals surface area contributed by atoms with Crippen molar-refractivity contribution in [1.82, 2.24) is 20.1 Å². The smallest absolute Gasteiger partial charge is 0.307 e. The van der Waals surface area contributed by atoms with Gasteiger partial charge in [0.25, 0.3) is 5.91 Å². The third-order valence-corrected chi connectivity index (χ3v) is 3.42. The van der Waals surface area contributed by atoms with Gasteiger partial charge in [-0.15, -0.1) is 0 Å². The normalized spacial score (nSPS) is 12.2. The van der Waals surface area contributed by atoms with Crippen LogP contribution in [-0.4, -0.2) is 39.8 Å². The van der Waals surface area contributed by atoms with Gasteiger partial charge in [0.05, 0.1) is 30.2 Å². The Hall–Kier alpha value is -2.44. The number of carbonyl (C=O) groups excluding carboxylic acids is 2. The summed E-state index contributed by atoms with van der Waals surface area (Å²) in [6.45, 7) is 5.43. The van der Waals surface area contributed by atoms with E-state index in [1.165, 1.54) is 7.11 Å². The molecule has 2 aromatic rings. The van der Waals surface area contributed by atoms with E-state index in [4.69, 9.17) is 0 Å². The maximum atomic E-state index is 12.5. The van der Waals surface area contributed by atoms with E-state index in [2.05, 4.69) is 20.1 Å². The molecule has 0 aliphatic rings. The molecule has 2 rings (SSSR count). The van der Waals surface area contributed by atoms with Crippen molar-refractivity contribution < 1.29 is 14.3 Å². The van der Waals surface area contributed by atoms with Crippen molar-refractivity contribution in [3.8, 4) is 0 Å². The highest BCUT2D eigenvalue weighted by Gasteiger charge is 2.19. The van der Waals surface area contributed by atoms with Crippen molar-refractivity contribution in [2.75, 3.05) is 7.11 Å². The van der Waals surface area contributed by atoms with E-state index in [1.54, 1.807) is 24.7 Å². The summed E-state index contributed by atoms with van der Waals surface area (Å²) in [6.07, 6.45) is 0.126. The second-order valence-electron chi connectivity index (χ2n) is 5.37. The zero-order chi connectivity index (χ0) is 16.4. The molecule has 0 fully saturated rings. The van der Waals surface area contributed by atoms with Gasteiger partial charge < -0.3 is 10.1 Å². The standard InChI is InChI=1S/C15H20N4O3/c1-8-6-11(13-10(3)18-19(4)14(13)16-8)15(21)17-9(2)7-12(20)22-5/h6,9H,7H2,1-5H3,(H,17,21). The van der Waals surface area contributed by atoms with Crippen LogP contribution in [0, 0.1) is 13.8 Å². The van der Waals surface area contributed by atoms with Gasteiger partial charge in [0.1, 0.15) is 0 Å². The lowest BCUT2D eigenvalue weighted by molar-refractivity contribution is -0.141. The minimum Gasteiger partial charge on any atom is -0.469 e. The molecule has 0 bridgehead atoms. The van der Waals surface area contributed by atoms with Crippen LogP contribution in [-0.2, 0) is 16.6 Å². The van der Waals surface area contributed by atoms with Gasteiger partial charge >= 0.3 is 5.97 Å². The van der Waals surface area contributed by atoms with E-state index in [0.717, 1.165) is 16.8 Å². The van der Waals surface area contributed by atoms with Crippen LogP contribution in [0.2, 0.25) is 0 Å². The minimum atomic E-state index is -0.360. The van der Waals surface area contributed by atoms with Gasteiger partial charge in [0.15, 0.2) is 5.65 Å². The number of aryl methyl sites for hydroxylation is 3. The van der Waals surface area contributed by atoms with Crippen molar-refractivity contribution in [2.24, 2.45) is 7.05 Å². The SMILES string of the molecule is COC(=O)CC(C)NC(=O)c1cc(C)nc2c1c(C)nn2C. The predicted molar refractivity (Wildman–Crippen MR) is 81.5 cm³/mol. The second-order valence-corrected chi connectivity index (χ2v) is 5.37. The fourth-order valence-electron chi connectivity index (χ4n) is 2.43. The Morgan fingerprint density at radius 2 is 2.09 bits per heavy atom. The monoisotopic (exact) mass is 304 g/mol. The first-order valence-electron chi connectivity index (χ1n) is 7.02. The lowest BCUT2D eigenvalue weighted by atomic mass is 10.1. The average molecular weight is 304 g/mol. The number of pyridine rings is 1. The molecule has 0 aliphatic heterocycles. The topological polar surface area (TPSA) is 86.1 Å². The van der Waals surface area contributed by atoms with Gasteiger partial charge in [-0.25, -0.2) is 4.98 Å². The maximum absolute atomic E-state index is 12.5. The molecule has 2 aromatic heterocycles. The Labute approximate surface area is 128 Å². The highest BCUT2D eigenvalue weighted by atomic mass is 16.5. The van der Waals surface area contributed by atoms with Gasteiger partial charge in [-0.2, -0.15) is 5.10 Å². The first kappa shape index (κ1) is 15.9. The molecule has 22 heavy (non-hydrogen) atoms. The first-order chi connectivity index (χ1) is 10.3. The Balaban J connectivity index is 2.34. The highest BCUT2D eigenvalue weighted by Crippen LogP contribution is 2.21. The number of hydrogen-bond acceptors (Lipinski definition) is 5. The van der Waals surface area contributed by atoms with Crippen LogP contribution in [0.4, 0.5) is 0 Å². The molecule has 0 radical (unpaired) electrons. The van der Waals surface area contributed by atoms with Crippen LogP contribution in [0.1, 0.15) is 35.1 Å². The largest absolute Gasteiger partial charge is 0.469 e. The summed E-state index contributed by atoms with van der Waals surface area (Å²) in [6, 6.07) is 1.41. The quantitative estimate of drug-likeness (QED) is 0.860. The molecule has 0 aliphatic carbocycles. The van der Waals surface area contributed by atoms with Gasteiger partial charge in [0.2, 0.25) is 0 Å². The fourth-order valence-corrected chi connectivity index (χ4v) is 2.43. The van der Waals surface area contributed by atoms with Crippen LogP contribution >= 0.6 is 0 Å². The minimum absolute atomic E-state index is 0.126. The van der Waals surface area contributed by atoms with Gasteiger partial charge in [0, 0.05) is 18.8 Å². The van der Waals surface area contributed by atoms with Crippen LogP contribution in [0.15, 0.2) is 6.07 Å². The van der Waals surface area contributed by atoms with E-state index < -0.39 is 0 Å². The zero-order valence-corrected chi connectivity index (χ0v) is 13.4. The van der Waals surface area contributed by atoms with Gasteiger partial charge in [-0.05, 0) is 26.8 Å². The number of carbonyl (C=O) groups is 2. The summed E-state index contributed by atoms with van der Waals surface area (Å²) in [5.74, 6) is -0.607. The lowest BCUT2D eigenvalue weighted by Gasteiger charge is -2.13. The molecule has 7 nitrogen and oxygen atoms in total. The molecule has 0 saturated carbocycles. The second kappa shape index (κ2) is 6.13. The van der Waals surface area contributed by atoms with E-state index in [-0.39, 0.29) is 24.3 Å². The molecule has 7 heteroatoms. The molecule has 2 heterocycles. The van der Waals surface area contributed by atoms with Crippen LogP contribution in [0.25, 0.3) is 11.0 Å². The number of esters is 1. The third-order valence-electron chi connectivity index (χ3n) is 3.42. The molecular formula is C15H20N4O3. The number of nitrogens with one attached hydrogen (secondary N) is 1. The number of ether oxygens (including phenoxy) is 1. The summed E-state index contributed by atoms with van der Waals surface area (Å²) in [5, 5.41) is 7.86. The van der Waals surface area contributed by atoms with E-state index >= 15 is 0 Å². The summed E-state index contributed by atoms with van der Waals surface area (Å²) < 4.78 is 6.27. The van der Waals surface area contributed by atoms with Crippen molar-refractivity contribution in [2.45, 2.75) is 33.2 Å². The molecule has 0 aromatic carbocycles. The first-order valence-corrected chi connectivity index (χ1v) is 7.02. The predicted octanol–water partition coefficient (Wildman–Crippen LogP) is 1.27.